The molecule has 0 radical (unpaired) electrons. The van der Waals surface area contributed by atoms with E-state index >= 15 is 0 Å². The van der Waals surface area contributed by atoms with E-state index in [9.17, 15) is 0 Å². The van der Waals surface area contributed by atoms with E-state index in [1.54, 1.807) is 0 Å². The van der Waals surface area contributed by atoms with Gasteiger partial charge in [0.15, 0.2) is 0 Å². The van der Waals surface area contributed by atoms with Crippen LogP contribution in [0.4, 0.5) is 0 Å². The second kappa shape index (κ2) is 17.4. The highest BCUT2D eigenvalue weighted by Crippen LogP contribution is 2.44. The third kappa shape index (κ3) is 7.40. The van der Waals surface area contributed by atoms with Crippen molar-refractivity contribution in [3.8, 4) is 45.6 Å². The average molecular weight is 1020 g/mol. The Hall–Kier alpha value is -9.72. The normalized spacial score (nSPS) is 12.4. The maximum Gasteiger partial charge on any atom is 0.137 e. The SMILES string of the molecule is CC(C)(C)c1ccnc(-n2c3ccc(-c4cccc5c4c4ccccc4n5-c4ccccc4)cc3c3ccc(Oc4ccc5c6cc(-n7c8ccccc8c8ccccc87)ccc6n(-c6cc(C(C)(C)C)ccn6)c5c4)cc32)c1. The Kier molecular flexibility index (Phi) is 10.3. The lowest BCUT2D eigenvalue weighted by atomic mass is 9.88. The topological polar surface area (TPSA) is 54.7 Å². The quantitative estimate of drug-likeness (QED) is 0.160. The summed E-state index contributed by atoms with van der Waals surface area (Å²) in [4.78, 5) is 10.1. The minimum Gasteiger partial charge on any atom is -0.457 e. The lowest BCUT2D eigenvalue weighted by Crippen LogP contribution is -2.12. The molecule has 9 aromatic carbocycles. The summed E-state index contributed by atoms with van der Waals surface area (Å²) in [7, 11) is 0. The number of ether oxygens (including phenoxy) is 1. The highest BCUT2D eigenvalue weighted by Gasteiger charge is 2.24. The van der Waals surface area contributed by atoms with Gasteiger partial charge in [-0.05, 0) is 148 Å². The van der Waals surface area contributed by atoms with Gasteiger partial charge in [-0.2, -0.15) is 0 Å². The molecule has 7 nitrogen and oxygen atoms in total. The van der Waals surface area contributed by atoms with Crippen molar-refractivity contribution in [2.45, 2.75) is 52.4 Å². The molecule has 0 amide bonds. The van der Waals surface area contributed by atoms with Crippen LogP contribution in [0.1, 0.15) is 52.7 Å². The van der Waals surface area contributed by atoms with E-state index in [0.717, 1.165) is 83.7 Å². The lowest BCUT2D eigenvalue weighted by Gasteiger charge is -2.20. The molecule has 15 aromatic rings. The molecule has 0 saturated heterocycles. The number of nitrogens with zero attached hydrogens (tertiary/aromatic N) is 6. The van der Waals surface area contributed by atoms with Crippen LogP contribution in [0, 0.1) is 0 Å². The molecule has 6 aromatic heterocycles. The van der Waals surface area contributed by atoms with E-state index in [0.29, 0.717) is 0 Å². The van der Waals surface area contributed by atoms with E-state index in [2.05, 4.69) is 278 Å². The summed E-state index contributed by atoms with van der Waals surface area (Å²) in [6, 6.07) is 79.0. The third-order valence-corrected chi connectivity index (χ3v) is 16.2. The van der Waals surface area contributed by atoms with Gasteiger partial charge in [0.25, 0.3) is 0 Å². The first-order valence-electron chi connectivity index (χ1n) is 27.3. The molecular formula is C72H56N6O. The largest absolute Gasteiger partial charge is 0.457 e. The van der Waals surface area contributed by atoms with Gasteiger partial charge in [0, 0.05) is 79.0 Å². The van der Waals surface area contributed by atoms with Crippen molar-refractivity contribution in [2.75, 3.05) is 0 Å². The van der Waals surface area contributed by atoms with Crippen molar-refractivity contribution in [2.24, 2.45) is 0 Å². The maximum atomic E-state index is 7.05. The Morgan fingerprint density at radius 2 is 0.785 bits per heavy atom. The maximum absolute atomic E-state index is 7.05. The summed E-state index contributed by atoms with van der Waals surface area (Å²) >= 11 is 0. The standard InChI is InChI=1S/C72H56N6O/c1-71(2,3)46-35-37-73-68(40-46)77-63-33-27-45(52-22-16-26-65-70(52)57-21-12-15-25-62(57)75(65)48-17-8-7-9-18-48)39-58(63)55-31-29-50(43-66(55)77)79-51-30-32-56-59-42-49(76-60-23-13-10-19-53(60)54-20-11-14-24-61(54)76)28-34-64(59)78(67(56)44-51)69-41-47(36-38-74-69)72(4,5)6/h7-44H,1-6H3. The molecule has 0 atom stereocenters. The molecule has 79 heavy (non-hydrogen) atoms. The Balaban J connectivity index is 0.897. The second-order valence-corrected chi connectivity index (χ2v) is 23.1. The fourth-order valence-electron chi connectivity index (χ4n) is 12.4. The van der Waals surface area contributed by atoms with Crippen LogP contribution in [0.3, 0.4) is 0 Å². The summed E-state index contributed by atoms with van der Waals surface area (Å²) < 4.78 is 16.4. The fraction of sp³-hybridized carbons (Fsp3) is 0.111. The van der Waals surface area contributed by atoms with Crippen LogP contribution in [0.25, 0.3) is 121 Å². The van der Waals surface area contributed by atoms with E-state index in [4.69, 9.17) is 14.7 Å². The Morgan fingerprint density at radius 1 is 0.316 bits per heavy atom. The van der Waals surface area contributed by atoms with Crippen molar-refractivity contribution in [3.63, 3.8) is 0 Å². The highest BCUT2D eigenvalue weighted by molar-refractivity contribution is 6.18. The minimum absolute atomic E-state index is 0.0705. The molecule has 0 saturated carbocycles. The van der Waals surface area contributed by atoms with E-state index < -0.39 is 0 Å². The highest BCUT2D eigenvalue weighted by atomic mass is 16.5. The average Bonchev–Trinajstić information content (AvgIpc) is 4.02. The van der Waals surface area contributed by atoms with Crippen LogP contribution >= 0.6 is 0 Å². The number of fused-ring (bicyclic) bond motifs is 12. The molecule has 0 bridgehead atoms. The molecule has 7 heteroatoms. The van der Waals surface area contributed by atoms with Crippen LogP contribution < -0.4 is 4.74 Å². The minimum atomic E-state index is -0.0766. The second-order valence-electron chi connectivity index (χ2n) is 23.1. The van der Waals surface area contributed by atoms with Gasteiger partial charge in [0.1, 0.15) is 23.1 Å². The zero-order valence-electron chi connectivity index (χ0n) is 45.0. The van der Waals surface area contributed by atoms with Crippen LogP contribution in [0.2, 0.25) is 0 Å². The van der Waals surface area contributed by atoms with Gasteiger partial charge in [-0.25, -0.2) is 9.97 Å². The molecule has 0 aliphatic carbocycles. The van der Waals surface area contributed by atoms with E-state index in [1.165, 1.54) is 60.3 Å². The first-order chi connectivity index (χ1) is 38.4. The molecule has 0 fully saturated rings. The Bertz CT molecular complexity index is 4900. The molecule has 0 spiro atoms. The molecular weight excluding hydrogens is 965 g/mol. The van der Waals surface area contributed by atoms with E-state index in [-0.39, 0.29) is 10.8 Å². The van der Waals surface area contributed by atoms with Gasteiger partial charge >= 0.3 is 0 Å². The lowest BCUT2D eigenvalue weighted by molar-refractivity contribution is 0.484. The first-order valence-corrected chi connectivity index (χ1v) is 27.3. The Labute approximate surface area is 457 Å². The number of para-hydroxylation sites is 4. The van der Waals surface area contributed by atoms with Crippen molar-refractivity contribution >= 4 is 87.2 Å². The molecule has 0 aliphatic rings. The summed E-state index contributed by atoms with van der Waals surface area (Å²) in [6.45, 7) is 13.5. The smallest absolute Gasteiger partial charge is 0.137 e. The summed E-state index contributed by atoms with van der Waals surface area (Å²) in [5.74, 6) is 3.18. The van der Waals surface area contributed by atoms with E-state index in [1.807, 2.05) is 12.4 Å². The van der Waals surface area contributed by atoms with Gasteiger partial charge in [0.05, 0.1) is 44.1 Å². The van der Waals surface area contributed by atoms with Crippen molar-refractivity contribution in [1.82, 2.24) is 28.2 Å². The van der Waals surface area contributed by atoms with Gasteiger partial charge in [-0.1, -0.05) is 133 Å². The van der Waals surface area contributed by atoms with Gasteiger partial charge < -0.3 is 13.9 Å². The summed E-state index contributed by atoms with van der Waals surface area (Å²) in [6.07, 6.45) is 3.88. The monoisotopic (exact) mass is 1020 g/mol. The predicted molar refractivity (Wildman–Crippen MR) is 329 cm³/mol. The van der Waals surface area contributed by atoms with Crippen molar-refractivity contribution < 1.29 is 4.74 Å². The molecule has 15 rings (SSSR count). The summed E-state index contributed by atoms with van der Waals surface area (Å²) in [5.41, 5.74) is 15.8. The van der Waals surface area contributed by atoms with Gasteiger partial charge in [-0.3, -0.25) is 9.13 Å². The fourth-order valence-corrected chi connectivity index (χ4v) is 12.4. The number of aromatic nitrogens is 6. The van der Waals surface area contributed by atoms with Crippen molar-refractivity contribution in [3.05, 3.63) is 242 Å². The third-order valence-electron chi connectivity index (χ3n) is 16.2. The zero-order valence-corrected chi connectivity index (χ0v) is 45.0. The van der Waals surface area contributed by atoms with Crippen LogP contribution in [-0.2, 0) is 10.8 Å². The van der Waals surface area contributed by atoms with Gasteiger partial charge in [-0.15, -0.1) is 0 Å². The molecule has 0 unspecified atom stereocenters. The molecule has 0 N–H and O–H groups in total. The van der Waals surface area contributed by atoms with Crippen LogP contribution in [-0.4, -0.2) is 28.2 Å². The number of pyridine rings is 2. The number of benzene rings is 9. The van der Waals surface area contributed by atoms with Gasteiger partial charge in [0.2, 0.25) is 0 Å². The number of hydrogen-bond donors (Lipinski definition) is 0. The van der Waals surface area contributed by atoms with Crippen LogP contribution in [0.5, 0.6) is 11.5 Å². The molecule has 0 aliphatic heterocycles. The Morgan fingerprint density at radius 3 is 1.37 bits per heavy atom. The predicted octanol–water partition coefficient (Wildman–Crippen LogP) is 18.9. The van der Waals surface area contributed by atoms with Crippen LogP contribution in [0.15, 0.2) is 231 Å². The number of rotatable bonds is 7. The van der Waals surface area contributed by atoms with Crippen molar-refractivity contribution in [1.29, 1.82) is 0 Å². The number of hydrogen-bond acceptors (Lipinski definition) is 3. The first kappa shape index (κ1) is 46.6. The zero-order chi connectivity index (χ0) is 53.3. The summed E-state index contributed by atoms with van der Waals surface area (Å²) in [5, 5.41) is 9.44. The molecule has 380 valence electrons. The molecule has 6 heterocycles.